The van der Waals surface area contributed by atoms with Gasteiger partial charge < -0.3 is 19.1 Å². The van der Waals surface area contributed by atoms with E-state index in [4.69, 9.17) is 14.2 Å². The number of hydrogen-bond acceptors (Lipinski definition) is 5. The van der Waals surface area contributed by atoms with Gasteiger partial charge in [0.05, 0.1) is 25.6 Å². The Labute approximate surface area is 118 Å². The van der Waals surface area contributed by atoms with Gasteiger partial charge in [-0.15, -0.1) is 0 Å². The second-order valence-corrected chi connectivity index (χ2v) is 6.41. The van der Waals surface area contributed by atoms with Crippen LogP contribution in [0.4, 0.5) is 0 Å². The summed E-state index contributed by atoms with van der Waals surface area (Å²) in [6.45, 7) is 6.14. The second kappa shape index (κ2) is 4.43. The Morgan fingerprint density at radius 3 is 2.75 bits per heavy atom. The van der Waals surface area contributed by atoms with Gasteiger partial charge in [-0.2, -0.15) is 0 Å². The van der Waals surface area contributed by atoms with Gasteiger partial charge >= 0.3 is 5.97 Å². The number of carbonyl (C=O) groups excluding carboxylic acids is 2. The number of ether oxygens (including phenoxy) is 3. The Balaban J connectivity index is 1.93. The largest absolute Gasteiger partial charge is 0.469 e. The van der Waals surface area contributed by atoms with Gasteiger partial charge in [-0.05, 0) is 19.8 Å². The van der Waals surface area contributed by atoms with E-state index in [2.05, 4.69) is 0 Å². The van der Waals surface area contributed by atoms with Crippen molar-refractivity contribution < 1.29 is 23.8 Å². The number of methoxy groups -OCH3 is 1. The van der Waals surface area contributed by atoms with Crippen molar-refractivity contribution in [2.24, 2.45) is 11.8 Å². The summed E-state index contributed by atoms with van der Waals surface area (Å²) in [6.07, 6.45) is -0.0313. The highest BCUT2D eigenvalue weighted by molar-refractivity contribution is 5.83. The van der Waals surface area contributed by atoms with E-state index in [-0.39, 0.29) is 42.0 Å². The Bertz CT molecular complexity index is 449. The normalized spacial score (nSPS) is 42.3. The minimum Gasteiger partial charge on any atom is -0.469 e. The number of fused-ring (bicyclic) bond motifs is 3. The molecule has 0 bridgehead atoms. The Morgan fingerprint density at radius 2 is 2.10 bits per heavy atom. The van der Waals surface area contributed by atoms with Crippen molar-refractivity contribution in [3.63, 3.8) is 0 Å². The topological polar surface area (TPSA) is 65.1 Å². The molecule has 5 atom stereocenters. The van der Waals surface area contributed by atoms with Crippen LogP contribution in [0.25, 0.3) is 0 Å². The summed E-state index contributed by atoms with van der Waals surface area (Å²) in [7, 11) is 1.39. The summed E-state index contributed by atoms with van der Waals surface area (Å²) in [6, 6.07) is -0.273. The van der Waals surface area contributed by atoms with Crippen LogP contribution in [0.15, 0.2) is 0 Å². The molecular formula is C14H21NO5. The first-order valence-corrected chi connectivity index (χ1v) is 7.07. The van der Waals surface area contributed by atoms with Gasteiger partial charge in [-0.25, -0.2) is 0 Å². The summed E-state index contributed by atoms with van der Waals surface area (Å²) in [5, 5.41) is 0. The van der Waals surface area contributed by atoms with Crippen molar-refractivity contribution in [2.45, 2.75) is 51.2 Å². The molecule has 0 N–H and O–H groups in total. The highest BCUT2D eigenvalue weighted by Crippen LogP contribution is 2.44. The molecule has 0 saturated carbocycles. The fraction of sp³-hybridized carbons (Fsp3) is 0.857. The van der Waals surface area contributed by atoms with Crippen molar-refractivity contribution in [1.82, 2.24) is 4.90 Å². The van der Waals surface area contributed by atoms with Gasteiger partial charge in [-0.3, -0.25) is 9.59 Å². The standard InChI is InChI=1S/C14H21NO5/c1-7-5-9(16)15-6-8-12(20-14(2,3)19-8)11(15)10(7)13(17)18-4/h7-8,10-12H,5-6H2,1-4H3/t7-,8+,10-,11+,12+/m0/s1. The first kappa shape index (κ1) is 13.8. The summed E-state index contributed by atoms with van der Waals surface area (Å²) >= 11 is 0. The number of rotatable bonds is 1. The maximum absolute atomic E-state index is 12.2. The molecule has 3 rings (SSSR count). The van der Waals surface area contributed by atoms with E-state index in [1.807, 2.05) is 20.8 Å². The number of nitrogens with zero attached hydrogens (tertiary/aromatic N) is 1. The third-order valence-electron chi connectivity index (χ3n) is 4.57. The highest BCUT2D eigenvalue weighted by atomic mass is 16.8. The van der Waals surface area contributed by atoms with Crippen LogP contribution in [-0.4, -0.2) is 54.5 Å². The maximum Gasteiger partial charge on any atom is 0.311 e. The van der Waals surface area contributed by atoms with Crippen LogP contribution < -0.4 is 0 Å². The summed E-state index contributed by atoms with van der Waals surface area (Å²) in [4.78, 5) is 26.1. The van der Waals surface area contributed by atoms with Crippen LogP contribution in [0, 0.1) is 11.8 Å². The zero-order valence-corrected chi connectivity index (χ0v) is 12.3. The molecule has 3 heterocycles. The van der Waals surface area contributed by atoms with Crippen LogP contribution in [0.3, 0.4) is 0 Å². The molecule has 1 amide bonds. The molecule has 0 aromatic heterocycles. The number of amides is 1. The average Bonchev–Trinajstić information content (AvgIpc) is 2.82. The molecule has 112 valence electrons. The first-order valence-electron chi connectivity index (χ1n) is 7.07. The monoisotopic (exact) mass is 283 g/mol. The minimum absolute atomic E-state index is 0.0396. The van der Waals surface area contributed by atoms with Gasteiger partial charge in [0.25, 0.3) is 0 Å². The van der Waals surface area contributed by atoms with Crippen LogP contribution in [-0.2, 0) is 23.8 Å². The van der Waals surface area contributed by atoms with Crippen molar-refractivity contribution in [3.8, 4) is 0 Å². The number of esters is 1. The number of piperidine rings is 1. The molecule has 0 aromatic carbocycles. The summed E-state index contributed by atoms with van der Waals surface area (Å²) < 4.78 is 16.7. The SMILES string of the molecule is COC(=O)[C@@H]1[C@@H]2[C@@H]3OC(C)(C)O[C@@H]3CN2C(=O)C[C@@H]1C. The molecule has 3 saturated heterocycles. The lowest BCUT2D eigenvalue weighted by molar-refractivity contribution is -0.181. The third-order valence-corrected chi connectivity index (χ3v) is 4.57. The molecule has 0 unspecified atom stereocenters. The van der Waals surface area contributed by atoms with Gasteiger partial charge in [0.2, 0.25) is 5.91 Å². The molecule has 0 radical (unpaired) electrons. The zero-order chi connectivity index (χ0) is 14.7. The number of carbonyl (C=O) groups is 2. The molecule has 3 aliphatic heterocycles. The van der Waals surface area contributed by atoms with Crippen LogP contribution >= 0.6 is 0 Å². The van der Waals surface area contributed by atoms with Gasteiger partial charge in [0.1, 0.15) is 12.2 Å². The fourth-order valence-electron chi connectivity index (χ4n) is 3.82. The zero-order valence-electron chi connectivity index (χ0n) is 12.3. The van der Waals surface area contributed by atoms with Crippen molar-refractivity contribution >= 4 is 11.9 Å². The van der Waals surface area contributed by atoms with Gasteiger partial charge in [0, 0.05) is 6.42 Å². The molecule has 0 spiro atoms. The lowest BCUT2D eigenvalue weighted by Crippen LogP contribution is -2.55. The molecule has 3 aliphatic rings. The lowest BCUT2D eigenvalue weighted by Gasteiger charge is -2.40. The van der Waals surface area contributed by atoms with E-state index in [1.165, 1.54) is 7.11 Å². The maximum atomic E-state index is 12.2. The highest BCUT2D eigenvalue weighted by Gasteiger charge is 2.60. The van der Waals surface area contributed by atoms with Crippen molar-refractivity contribution in [1.29, 1.82) is 0 Å². The average molecular weight is 283 g/mol. The lowest BCUT2D eigenvalue weighted by atomic mass is 9.79. The van der Waals surface area contributed by atoms with Gasteiger partial charge in [0.15, 0.2) is 5.79 Å². The Kier molecular flexibility index (Phi) is 3.06. The quantitative estimate of drug-likeness (QED) is 0.657. The van der Waals surface area contributed by atoms with E-state index in [0.717, 1.165) is 0 Å². The fourth-order valence-corrected chi connectivity index (χ4v) is 3.82. The van der Waals surface area contributed by atoms with Crippen molar-refractivity contribution in [2.75, 3.05) is 13.7 Å². The van der Waals surface area contributed by atoms with E-state index >= 15 is 0 Å². The molecule has 6 heteroatoms. The summed E-state index contributed by atoms with van der Waals surface area (Å²) in [5.41, 5.74) is 0. The van der Waals surface area contributed by atoms with Crippen LogP contribution in [0.1, 0.15) is 27.2 Å². The molecule has 20 heavy (non-hydrogen) atoms. The molecule has 3 fully saturated rings. The molecular weight excluding hydrogens is 262 g/mol. The predicted octanol–water partition coefficient (Wildman–Crippen LogP) is 0.546. The Hall–Kier alpha value is -1.14. The second-order valence-electron chi connectivity index (χ2n) is 6.41. The third kappa shape index (κ3) is 1.93. The number of hydrogen-bond donors (Lipinski definition) is 0. The molecule has 0 aromatic rings. The van der Waals surface area contributed by atoms with Crippen LogP contribution in [0.5, 0.6) is 0 Å². The first-order chi connectivity index (χ1) is 9.34. The molecule has 0 aliphatic carbocycles. The van der Waals surface area contributed by atoms with Crippen LogP contribution in [0.2, 0.25) is 0 Å². The smallest absolute Gasteiger partial charge is 0.311 e. The Morgan fingerprint density at radius 1 is 1.40 bits per heavy atom. The summed E-state index contributed by atoms with van der Waals surface area (Å²) in [5.74, 6) is -1.24. The minimum atomic E-state index is -0.661. The predicted molar refractivity (Wildman–Crippen MR) is 68.6 cm³/mol. The van der Waals surface area contributed by atoms with E-state index in [1.54, 1.807) is 4.90 Å². The van der Waals surface area contributed by atoms with E-state index in [0.29, 0.717) is 13.0 Å². The van der Waals surface area contributed by atoms with E-state index in [9.17, 15) is 9.59 Å². The molecule has 6 nitrogen and oxygen atoms in total. The van der Waals surface area contributed by atoms with Gasteiger partial charge in [-0.1, -0.05) is 6.92 Å². The van der Waals surface area contributed by atoms with E-state index < -0.39 is 5.79 Å². The van der Waals surface area contributed by atoms with Crippen molar-refractivity contribution in [3.05, 3.63) is 0 Å².